The second kappa shape index (κ2) is 7.97. The fourth-order valence-corrected chi connectivity index (χ4v) is 3.47. The number of hydrogen-bond donors (Lipinski definition) is 2. The summed E-state index contributed by atoms with van der Waals surface area (Å²) in [5.74, 6) is -0.177. The highest BCUT2D eigenvalue weighted by Gasteiger charge is 2.28. The smallest absolute Gasteiger partial charge is 0.317 e. The molecule has 1 aromatic heterocycles. The standard InChI is InChI=1S/C18H21N3O2S/c22-17(20-15-7-2-1-3-8-15)14-6-4-10-21(13-14)18(23)19-12-16-9-5-11-24-16/h1-3,5,7-9,11,14H,4,6,10,12-13H2,(H,19,23)(H,20,22). The van der Waals surface area contributed by atoms with Crippen LogP contribution in [0, 0.1) is 5.92 Å². The van der Waals surface area contributed by atoms with Gasteiger partial charge in [-0.25, -0.2) is 4.79 Å². The van der Waals surface area contributed by atoms with Crippen LogP contribution in [0.15, 0.2) is 47.8 Å². The Balaban J connectivity index is 1.51. The predicted octanol–water partition coefficient (Wildman–Crippen LogP) is 3.31. The third-order valence-corrected chi connectivity index (χ3v) is 4.99. The van der Waals surface area contributed by atoms with Gasteiger partial charge in [0.25, 0.3) is 0 Å². The first-order valence-corrected chi connectivity index (χ1v) is 9.01. The van der Waals surface area contributed by atoms with Gasteiger partial charge in [-0.1, -0.05) is 24.3 Å². The Morgan fingerprint density at radius 1 is 1.17 bits per heavy atom. The average molecular weight is 343 g/mol. The number of nitrogens with zero attached hydrogens (tertiary/aromatic N) is 1. The predicted molar refractivity (Wildman–Crippen MR) is 95.9 cm³/mol. The summed E-state index contributed by atoms with van der Waals surface area (Å²) in [5.41, 5.74) is 0.793. The summed E-state index contributed by atoms with van der Waals surface area (Å²) in [6.07, 6.45) is 1.66. The van der Waals surface area contributed by atoms with Crippen molar-refractivity contribution in [2.75, 3.05) is 18.4 Å². The number of para-hydroxylation sites is 1. The summed E-state index contributed by atoms with van der Waals surface area (Å²) in [6, 6.07) is 13.3. The van der Waals surface area contributed by atoms with Crippen molar-refractivity contribution in [1.82, 2.24) is 10.2 Å². The highest BCUT2D eigenvalue weighted by molar-refractivity contribution is 7.09. The number of carbonyl (C=O) groups is 2. The molecule has 1 aromatic carbocycles. The van der Waals surface area contributed by atoms with Gasteiger partial charge >= 0.3 is 6.03 Å². The molecule has 2 aromatic rings. The molecule has 1 fully saturated rings. The molecule has 2 N–H and O–H groups in total. The second-order valence-electron chi connectivity index (χ2n) is 5.88. The van der Waals surface area contributed by atoms with Gasteiger partial charge in [-0.3, -0.25) is 4.79 Å². The topological polar surface area (TPSA) is 61.4 Å². The van der Waals surface area contributed by atoms with Crippen LogP contribution in [-0.2, 0) is 11.3 Å². The second-order valence-corrected chi connectivity index (χ2v) is 6.91. The number of amides is 3. The molecular weight excluding hydrogens is 322 g/mol. The van der Waals surface area contributed by atoms with Crippen LogP contribution in [0.25, 0.3) is 0 Å². The third-order valence-electron chi connectivity index (χ3n) is 4.11. The molecule has 1 unspecified atom stereocenters. The molecule has 5 nitrogen and oxygen atoms in total. The van der Waals surface area contributed by atoms with Crippen molar-refractivity contribution in [1.29, 1.82) is 0 Å². The summed E-state index contributed by atoms with van der Waals surface area (Å²) in [7, 11) is 0. The fourth-order valence-electron chi connectivity index (χ4n) is 2.83. The van der Waals surface area contributed by atoms with Gasteiger partial charge in [0.2, 0.25) is 5.91 Å². The Kier molecular flexibility index (Phi) is 5.48. The van der Waals surface area contributed by atoms with Crippen molar-refractivity contribution in [3.8, 4) is 0 Å². The number of anilines is 1. The van der Waals surface area contributed by atoms with E-state index in [4.69, 9.17) is 0 Å². The highest BCUT2D eigenvalue weighted by atomic mass is 32.1. The maximum absolute atomic E-state index is 12.4. The number of thiophene rings is 1. The van der Waals surface area contributed by atoms with Crippen molar-refractivity contribution in [3.63, 3.8) is 0 Å². The number of piperidine rings is 1. The first kappa shape index (κ1) is 16.5. The first-order chi connectivity index (χ1) is 11.7. The van der Waals surface area contributed by atoms with Crippen molar-refractivity contribution >= 4 is 29.0 Å². The fraction of sp³-hybridized carbons (Fsp3) is 0.333. The lowest BCUT2D eigenvalue weighted by Crippen LogP contribution is -2.47. The third kappa shape index (κ3) is 4.35. The number of benzene rings is 1. The van der Waals surface area contributed by atoms with Gasteiger partial charge in [-0.15, -0.1) is 11.3 Å². The van der Waals surface area contributed by atoms with E-state index in [2.05, 4.69) is 10.6 Å². The van der Waals surface area contributed by atoms with E-state index in [1.807, 2.05) is 47.8 Å². The first-order valence-electron chi connectivity index (χ1n) is 8.13. The van der Waals surface area contributed by atoms with Crippen molar-refractivity contribution in [2.45, 2.75) is 19.4 Å². The molecule has 6 heteroatoms. The number of hydrogen-bond acceptors (Lipinski definition) is 3. The molecule has 0 aliphatic carbocycles. The molecule has 2 heterocycles. The minimum absolute atomic E-state index is 0.0167. The Morgan fingerprint density at radius 3 is 2.75 bits per heavy atom. The Labute approximate surface area is 145 Å². The maximum Gasteiger partial charge on any atom is 0.317 e. The maximum atomic E-state index is 12.4. The number of rotatable bonds is 4. The van der Waals surface area contributed by atoms with Crippen LogP contribution >= 0.6 is 11.3 Å². The molecule has 0 radical (unpaired) electrons. The van der Waals surface area contributed by atoms with E-state index >= 15 is 0 Å². The van der Waals surface area contributed by atoms with E-state index in [-0.39, 0.29) is 17.9 Å². The summed E-state index contributed by atoms with van der Waals surface area (Å²) in [4.78, 5) is 27.6. The molecule has 126 valence electrons. The number of likely N-dealkylation sites (tertiary alicyclic amines) is 1. The summed E-state index contributed by atoms with van der Waals surface area (Å²) in [5, 5.41) is 7.85. The van der Waals surface area contributed by atoms with Gasteiger partial charge < -0.3 is 15.5 Å². The molecule has 1 saturated heterocycles. The van der Waals surface area contributed by atoms with Gasteiger partial charge in [0.05, 0.1) is 12.5 Å². The van der Waals surface area contributed by atoms with Crippen LogP contribution in [0.3, 0.4) is 0 Å². The zero-order valence-corrected chi connectivity index (χ0v) is 14.2. The van der Waals surface area contributed by atoms with E-state index in [0.717, 1.165) is 23.4 Å². The largest absolute Gasteiger partial charge is 0.333 e. The Morgan fingerprint density at radius 2 is 2.00 bits per heavy atom. The normalized spacial score (nSPS) is 17.3. The zero-order valence-electron chi connectivity index (χ0n) is 13.4. The van der Waals surface area contributed by atoms with Crippen molar-refractivity contribution in [2.24, 2.45) is 5.92 Å². The molecule has 1 atom stereocenters. The zero-order chi connectivity index (χ0) is 16.8. The molecule has 3 amide bonds. The molecule has 24 heavy (non-hydrogen) atoms. The summed E-state index contributed by atoms with van der Waals surface area (Å²) >= 11 is 1.62. The molecule has 0 bridgehead atoms. The van der Waals surface area contributed by atoms with E-state index in [1.165, 1.54) is 0 Å². The van der Waals surface area contributed by atoms with Crippen LogP contribution in [-0.4, -0.2) is 29.9 Å². The van der Waals surface area contributed by atoms with E-state index < -0.39 is 0 Å². The minimum Gasteiger partial charge on any atom is -0.333 e. The average Bonchev–Trinajstić information content (AvgIpc) is 3.14. The number of nitrogens with one attached hydrogen (secondary N) is 2. The van der Waals surface area contributed by atoms with Crippen LogP contribution in [0.1, 0.15) is 17.7 Å². The van der Waals surface area contributed by atoms with Gasteiger partial charge in [0.1, 0.15) is 0 Å². The van der Waals surface area contributed by atoms with E-state index in [1.54, 1.807) is 16.2 Å². The molecule has 0 saturated carbocycles. The van der Waals surface area contributed by atoms with Crippen molar-refractivity contribution in [3.05, 3.63) is 52.7 Å². The lowest BCUT2D eigenvalue weighted by atomic mass is 9.97. The molecule has 3 rings (SSSR count). The number of urea groups is 1. The van der Waals surface area contributed by atoms with Gasteiger partial charge in [-0.2, -0.15) is 0 Å². The molecule has 1 aliphatic heterocycles. The van der Waals surface area contributed by atoms with Gasteiger partial charge in [0.15, 0.2) is 0 Å². The van der Waals surface area contributed by atoms with E-state index in [0.29, 0.717) is 19.6 Å². The Bertz CT molecular complexity index is 673. The molecular formula is C18H21N3O2S. The highest BCUT2D eigenvalue weighted by Crippen LogP contribution is 2.19. The molecule has 1 aliphatic rings. The SMILES string of the molecule is O=C(Nc1ccccc1)C1CCCN(C(=O)NCc2cccs2)C1. The van der Waals surface area contributed by atoms with Gasteiger partial charge in [0, 0.05) is 23.7 Å². The lowest BCUT2D eigenvalue weighted by molar-refractivity contribution is -0.121. The quantitative estimate of drug-likeness (QED) is 0.895. The van der Waals surface area contributed by atoms with Gasteiger partial charge in [-0.05, 0) is 36.4 Å². The van der Waals surface area contributed by atoms with Crippen LogP contribution in [0.2, 0.25) is 0 Å². The lowest BCUT2D eigenvalue weighted by Gasteiger charge is -2.32. The number of carbonyl (C=O) groups excluding carboxylic acids is 2. The Hall–Kier alpha value is -2.34. The van der Waals surface area contributed by atoms with Crippen LogP contribution < -0.4 is 10.6 Å². The van der Waals surface area contributed by atoms with E-state index in [9.17, 15) is 9.59 Å². The van der Waals surface area contributed by atoms with Crippen LogP contribution in [0.4, 0.5) is 10.5 Å². The summed E-state index contributed by atoms with van der Waals surface area (Å²) < 4.78 is 0. The minimum atomic E-state index is -0.161. The summed E-state index contributed by atoms with van der Waals surface area (Å²) in [6.45, 7) is 1.70. The van der Waals surface area contributed by atoms with Crippen molar-refractivity contribution < 1.29 is 9.59 Å². The molecule has 0 spiro atoms. The monoisotopic (exact) mass is 343 g/mol. The van der Waals surface area contributed by atoms with Crippen LogP contribution in [0.5, 0.6) is 0 Å².